The van der Waals surface area contributed by atoms with Crippen molar-refractivity contribution in [3.63, 3.8) is 0 Å². The molecule has 3 heterocycles. The minimum Gasteiger partial charge on any atom is -0.490 e. The SMILES string of the molecule is CCN1CCN(C(=O)c2c(F)c(Cl)cc(C(C)c3nc(C)c4c(N)nccn34)c2OC(C)C)CC1. The number of halogens is 2. The molecule has 0 spiro atoms. The zero-order valence-corrected chi connectivity index (χ0v) is 21.6. The summed E-state index contributed by atoms with van der Waals surface area (Å²) in [5.41, 5.74) is 7.98. The number of aryl methyl sites for hydroxylation is 1. The lowest BCUT2D eigenvalue weighted by Crippen LogP contribution is -2.48. The molecule has 1 fully saturated rings. The maximum atomic E-state index is 15.5. The Bertz CT molecular complexity index is 1250. The van der Waals surface area contributed by atoms with Gasteiger partial charge < -0.3 is 20.3 Å². The molecule has 1 unspecified atom stereocenters. The second-order valence-electron chi connectivity index (χ2n) is 9.17. The number of rotatable bonds is 6. The van der Waals surface area contributed by atoms with E-state index in [0.29, 0.717) is 35.8 Å². The molecule has 1 amide bonds. The third kappa shape index (κ3) is 4.67. The largest absolute Gasteiger partial charge is 0.490 e. The molecule has 0 radical (unpaired) electrons. The smallest absolute Gasteiger partial charge is 0.260 e. The molecule has 1 aromatic carbocycles. The van der Waals surface area contributed by atoms with E-state index in [1.807, 2.05) is 32.1 Å². The number of anilines is 1. The van der Waals surface area contributed by atoms with Gasteiger partial charge in [-0.15, -0.1) is 0 Å². The maximum absolute atomic E-state index is 15.5. The van der Waals surface area contributed by atoms with E-state index in [4.69, 9.17) is 27.1 Å². The molecule has 0 aliphatic carbocycles. The number of ether oxygens (including phenoxy) is 1. The van der Waals surface area contributed by atoms with Gasteiger partial charge in [0.2, 0.25) is 0 Å². The van der Waals surface area contributed by atoms with Crippen LogP contribution in [0.15, 0.2) is 18.5 Å². The number of nitrogens with zero attached hydrogens (tertiary/aromatic N) is 5. The highest BCUT2D eigenvalue weighted by Gasteiger charge is 2.33. The Hall–Kier alpha value is -2.91. The molecule has 8 nitrogen and oxygen atoms in total. The minimum absolute atomic E-state index is 0.128. The van der Waals surface area contributed by atoms with Crippen LogP contribution in [-0.4, -0.2) is 68.9 Å². The van der Waals surface area contributed by atoms with Crippen LogP contribution in [0, 0.1) is 12.7 Å². The molecule has 0 saturated carbocycles. The number of aromatic nitrogens is 3. The third-order valence-electron chi connectivity index (χ3n) is 6.51. The summed E-state index contributed by atoms with van der Waals surface area (Å²) in [7, 11) is 0. The van der Waals surface area contributed by atoms with Crippen LogP contribution in [0.3, 0.4) is 0 Å². The zero-order chi connectivity index (χ0) is 25.4. The second-order valence-corrected chi connectivity index (χ2v) is 9.57. The van der Waals surface area contributed by atoms with E-state index in [0.717, 1.165) is 25.3 Å². The van der Waals surface area contributed by atoms with Crippen molar-refractivity contribution in [2.24, 2.45) is 0 Å². The fourth-order valence-corrected chi connectivity index (χ4v) is 4.85. The molecule has 35 heavy (non-hydrogen) atoms. The van der Waals surface area contributed by atoms with Crippen LogP contribution in [-0.2, 0) is 0 Å². The van der Waals surface area contributed by atoms with Gasteiger partial charge in [-0.25, -0.2) is 14.4 Å². The number of hydrogen-bond acceptors (Lipinski definition) is 6. The fourth-order valence-electron chi connectivity index (χ4n) is 4.64. The minimum atomic E-state index is -0.765. The highest BCUT2D eigenvalue weighted by atomic mass is 35.5. The van der Waals surface area contributed by atoms with Gasteiger partial charge in [0.1, 0.15) is 28.5 Å². The first-order chi connectivity index (χ1) is 16.6. The van der Waals surface area contributed by atoms with Gasteiger partial charge in [-0.3, -0.25) is 9.20 Å². The van der Waals surface area contributed by atoms with Crippen molar-refractivity contribution < 1.29 is 13.9 Å². The Morgan fingerprint density at radius 1 is 1.26 bits per heavy atom. The van der Waals surface area contributed by atoms with Gasteiger partial charge in [0.25, 0.3) is 5.91 Å². The highest BCUT2D eigenvalue weighted by Crippen LogP contribution is 2.40. The van der Waals surface area contributed by atoms with Crippen molar-refractivity contribution in [1.82, 2.24) is 24.2 Å². The molecular formula is C25H32ClFN6O2. The summed E-state index contributed by atoms with van der Waals surface area (Å²) in [4.78, 5) is 26.4. The molecule has 3 aromatic rings. The molecule has 1 aliphatic rings. The number of amides is 1. The molecule has 4 rings (SSSR count). The van der Waals surface area contributed by atoms with Gasteiger partial charge in [0.05, 0.1) is 16.8 Å². The number of piperazine rings is 1. The molecule has 188 valence electrons. The maximum Gasteiger partial charge on any atom is 0.260 e. The number of fused-ring (bicyclic) bond motifs is 1. The molecule has 10 heteroatoms. The predicted octanol–water partition coefficient (Wildman–Crippen LogP) is 4.13. The van der Waals surface area contributed by atoms with E-state index in [-0.39, 0.29) is 28.4 Å². The predicted molar refractivity (Wildman–Crippen MR) is 135 cm³/mol. The van der Waals surface area contributed by atoms with E-state index >= 15 is 4.39 Å². The monoisotopic (exact) mass is 502 g/mol. The standard InChI is InChI=1S/C25H32ClFN6O2/c1-6-31-9-11-32(12-10-31)25(34)19-20(27)18(26)13-17(22(19)35-14(2)3)15(4)24-30-16(5)21-23(28)29-7-8-33(21)24/h7-8,13-15H,6,9-12H2,1-5H3,(H2,28,29). The van der Waals surface area contributed by atoms with E-state index in [1.54, 1.807) is 17.3 Å². The second kappa shape index (κ2) is 9.99. The van der Waals surface area contributed by atoms with Crippen LogP contribution in [0.2, 0.25) is 5.02 Å². The number of carbonyl (C=O) groups excluding carboxylic acids is 1. The van der Waals surface area contributed by atoms with Crippen LogP contribution in [0.5, 0.6) is 5.75 Å². The topological polar surface area (TPSA) is 89.0 Å². The summed E-state index contributed by atoms with van der Waals surface area (Å²) in [6.07, 6.45) is 3.10. The molecular weight excluding hydrogens is 471 g/mol. The van der Waals surface area contributed by atoms with Crippen molar-refractivity contribution >= 4 is 28.8 Å². The molecule has 1 atom stereocenters. The summed E-state index contributed by atoms with van der Waals surface area (Å²) >= 11 is 6.37. The normalized spacial score (nSPS) is 15.7. The lowest BCUT2D eigenvalue weighted by molar-refractivity contribution is 0.0632. The van der Waals surface area contributed by atoms with Crippen molar-refractivity contribution in [2.45, 2.75) is 46.6 Å². The molecule has 1 saturated heterocycles. The fraction of sp³-hybridized carbons (Fsp3) is 0.480. The number of likely N-dealkylation sites (N-methyl/N-ethyl adjacent to an activating group) is 1. The highest BCUT2D eigenvalue weighted by molar-refractivity contribution is 6.31. The first-order valence-electron chi connectivity index (χ1n) is 11.9. The zero-order valence-electron chi connectivity index (χ0n) is 20.8. The first-order valence-corrected chi connectivity index (χ1v) is 12.3. The Kier molecular flexibility index (Phi) is 7.19. The number of carbonyl (C=O) groups is 1. The number of hydrogen-bond donors (Lipinski definition) is 1. The van der Waals surface area contributed by atoms with Gasteiger partial charge in [0, 0.05) is 50.1 Å². The Labute approximate surface area is 209 Å². The van der Waals surface area contributed by atoms with Crippen molar-refractivity contribution in [3.05, 3.63) is 51.9 Å². The lowest BCUT2D eigenvalue weighted by Gasteiger charge is -2.34. The third-order valence-corrected chi connectivity index (χ3v) is 6.79. The average molecular weight is 503 g/mol. The molecule has 2 N–H and O–H groups in total. The summed E-state index contributed by atoms with van der Waals surface area (Å²) in [5.74, 6) is -0.324. The number of benzene rings is 1. The van der Waals surface area contributed by atoms with E-state index in [2.05, 4.69) is 16.8 Å². The van der Waals surface area contributed by atoms with Crippen LogP contribution in [0.4, 0.5) is 10.2 Å². The Balaban J connectivity index is 1.85. The summed E-state index contributed by atoms with van der Waals surface area (Å²) in [6, 6.07) is 1.53. The van der Waals surface area contributed by atoms with Crippen LogP contribution in [0.1, 0.15) is 61.1 Å². The Morgan fingerprint density at radius 2 is 1.94 bits per heavy atom. The van der Waals surface area contributed by atoms with Crippen molar-refractivity contribution in [2.75, 3.05) is 38.5 Å². The van der Waals surface area contributed by atoms with Gasteiger partial charge in [-0.1, -0.05) is 25.4 Å². The number of imidazole rings is 1. The van der Waals surface area contributed by atoms with Gasteiger partial charge in [-0.2, -0.15) is 0 Å². The van der Waals surface area contributed by atoms with E-state index < -0.39 is 11.7 Å². The molecule has 0 bridgehead atoms. The summed E-state index contributed by atoms with van der Waals surface area (Å²) in [6.45, 7) is 13.0. The number of nitrogens with two attached hydrogens (primary N) is 1. The van der Waals surface area contributed by atoms with E-state index in [1.165, 1.54) is 6.07 Å². The first kappa shape index (κ1) is 25.2. The van der Waals surface area contributed by atoms with E-state index in [9.17, 15) is 4.79 Å². The lowest BCUT2D eigenvalue weighted by atomic mass is 9.95. The van der Waals surface area contributed by atoms with Crippen molar-refractivity contribution in [3.8, 4) is 5.75 Å². The van der Waals surface area contributed by atoms with Crippen LogP contribution >= 0.6 is 11.6 Å². The molecule has 1 aliphatic heterocycles. The summed E-state index contributed by atoms with van der Waals surface area (Å²) < 4.78 is 23.5. The van der Waals surface area contributed by atoms with Gasteiger partial charge in [0.15, 0.2) is 5.82 Å². The molecule has 2 aromatic heterocycles. The van der Waals surface area contributed by atoms with Crippen LogP contribution < -0.4 is 10.5 Å². The Morgan fingerprint density at radius 3 is 2.57 bits per heavy atom. The van der Waals surface area contributed by atoms with Gasteiger partial charge in [-0.05, 0) is 33.4 Å². The quantitative estimate of drug-likeness (QED) is 0.545. The van der Waals surface area contributed by atoms with Gasteiger partial charge >= 0.3 is 0 Å². The van der Waals surface area contributed by atoms with Crippen molar-refractivity contribution in [1.29, 1.82) is 0 Å². The average Bonchev–Trinajstić information content (AvgIpc) is 3.18. The summed E-state index contributed by atoms with van der Waals surface area (Å²) in [5, 5.41) is -0.128. The number of nitrogen functional groups attached to an aromatic ring is 1. The van der Waals surface area contributed by atoms with Crippen LogP contribution in [0.25, 0.3) is 5.52 Å².